The highest BCUT2D eigenvalue weighted by atomic mass is 32.2. The fraction of sp³-hybridized carbons (Fsp3) is 0.520. The van der Waals surface area contributed by atoms with Gasteiger partial charge in [-0.2, -0.15) is 4.31 Å². The number of hydrogen-bond acceptors (Lipinski definition) is 4. The molecule has 2 aromatic rings. The third-order valence-corrected chi connectivity index (χ3v) is 9.28. The van der Waals surface area contributed by atoms with E-state index in [2.05, 4.69) is 5.32 Å². The Labute approximate surface area is 191 Å². The van der Waals surface area contributed by atoms with Crippen molar-refractivity contribution in [2.24, 2.45) is 0 Å². The van der Waals surface area contributed by atoms with Crippen LogP contribution in [0, 0.1) is 5.82 Å². The van der Waals surface area contributed by atoms with E-state index in [-0.39, 0.29) is 19.2 Å². The summed E-state index contributed by atoms with van der Waals surface area (Å²) in [4.78, 5) is 0. The van der Waals surface area contributed by atoms with Crippen LogP contribution in [0.3, 0.4) is 0 Å². The van der Waals surface area contributed by atoms with Gasteiger partial charge >= 0.3 is 0 Å². The highest BCUT2D eigenvalue weighted by Crippen LogP contribution is 2.38. The van der Waals surface area contributed by atoms with Crippen LogP contribution >= 0.6 is 0 Å². The lowest BCUT2D eigenvalue weighted by molar-refractivity contribution is 0.241. The lowest BCUT2D eigenvalue weighted by Gasteiger charge is -2.38. The molecule has 0 bridgehead atoms. The van der Waals surface area contributed by atoms with Crippen LogP contribution < -0.4 is 5.32 Å². The molecule has 1 fully saturated rings. The van der Waals surface area contributed by atoms with Gasteiger partial charge in [-0.25, -0.2) is 12.8 Å². The summed E-state index contributed by atoms with van der Waals surface area (Å²) in [6.45, 7) is 6.42. The molecule has 5 nitrogen and oxygen atoms in total. The van der Waals surface area contributed by atoms with E-state index in [0.717, 1.165) is 30.4 Å². The number of sulfonamides is 1. The first-order chi connectivity index (χ1) is 15.3. The summed E-state index contributed by atoms with van der Waals surface area (Å²) in [5.41, 5.74) is 1.55. The number of aliphatic hydroxyl groups excluding tert-OH is 1. The number of nitrogens with zero attached hydrogens (tertiary/aromatic N) is 1. The quantitative estimate of drug-likeness (QED) is 0.577. The number of benzene rings is 2. The number of hydrogen-bond donors (Lipinski definition) is 2. The average molecular weight is 463 g/mol. The van der Waals surface area contributed by atoms with Gasteiger partial charge in [0, 0.05) is 30.2 Å². The maximum absolute atomic E-state index is 15.2. The molecule has 0 spiro atoms. The fourth-order valence-corrected chi connectivity index (χ4v) is 6.99. The first kappa shape index (κ1) is 24.8. The van der Waals surface area contributed by atoms with Crippen molar-refractivity contribution < 1.29 is 17.9 Å². The molecule has 2 aromatic carbocycles. The van der Waals surface area contributed by atoms with Crippen molar-refractivity contribution >= 4 is 10.0 Å². The molecular formula is C25H35FN2O3S. The van der Waals surface area contributed by atoms with Gasteiger partial charge in [0.25, 0.3) is 0 Å². The Morgan fingerprint density at radius 2 is 1.81 bits per heavy atom. The van der Waals surface area contributed by atoms with E-state index in [1.807, 2.05) is 57.2 Å². The zero-order valence-corrected chi connectivity index (χ0v) is 20.0. The molecule has 0 aromatic heterocycles. The lowest BCUT2D eigenvalue weighted by atomic mass is 9.84. The van der Waals surface area contributed by atoms with Crippen molar-refractivity contribution in [2.45, 2.75) is 69.8 Å². The average Bonchev–Trinajstić information content (AvgIpc) is 2.79. The third-order valence-electron chi connectivity index (χ3n) is 6.91. The first-order valence-electron chi connectivity index (χ1n) is 11.5. The van der Waals surface area contributed by atoms with Crippen LogP contribution in [0.4, 0.5) is 4.39 Å². The van der Waals surface area contributed by atoms with Crippen molar-refractivity contribution in [3.05, 3.63) is 71.0 Å². The van der Waals surface area contributed by atoms with Gasteiger partial charge in [-0.3, -0.25) is 0 Å². The van der Waals surface area contributed by atoms with Crippen molar-refractivity contribution in [1.29, 1.82) is 0 Å². The minimum absolute atomic E-state index is 0.00953. The van der Waals surface area contributed by atoms with Gasteiger partial charge in [0.05, 0.1) is 6.61 Å². The van der Waals surface area contributed by atoms with Gasteiger partial charge in [0.15, 0.2) is 0 Å². The molecule has 1 saturated heterocycles. The van der Waals surface area contributed by atoms with Gasteiger partial charge in [-0.05, 0) is 49.8 Å². The standard InChI is InChI=1S/C25H35FN2O3S/c1-4-25(5-2,27-15-16-29)22-13-12-21(23(26)17-22)18-28-19(3)11-14-24(32(28,30)31)20-9-7-6-8-10-20/h6-10,12-13,17,19,24,27,29H,4-5,11,14-16,18H2,1-3H3/t19-,24+/m0/s1. The summed E-state index contributed by atoms with van der Waals surface area (Å²) in [6, 6.07) is 14.2. The summed E-state index contributed by atoms with van der Waals surface area (Å²) in [7, 11) is -3.61. The summed E-state index contributed by atoms with van der Waals surface area (Å²) in [5, 5.41) is 12.0. The Morgan fingerprint density at radius 3 is 2.41 bits per heavy atom. The Bertz CT molecular complexity index is 994. The maximum Gasteiger partial charge on any atom is 0.221 e. The fourth-order valence-electron chi connectivity index (χ4n) is 4.80. The normalized spacial score (nSPS) is 21.5. The van der Waals surface area contributed by atoms with E-state index in [9.17, 15) is 13.5 Å². The van der Waals surface area contributed by atoms with E-state index in [4.69, 9.17) is 0 Å². The Kier molecular flexibility index (Phi) is 8.09. The summed E-state index contributed by atoms with van der Waals surface area (Å²) < 4.78 is 43.6. The van der Waals surface area contributed by atoms with Gasteiger partial charge in [-0.1, -0.05) is 56.3 Å². The summed E-state index contributed by atoms with van der Waals surface area (Å²) in [5.74, 6) is -0.399. The van der Waals surface area contributed by atoms with Gasteiger partial charge in [-0.15, -0.1) is 0 Å². The largest absolute Gasteiger partial charge is 0.395 e. The predicted octanol–water partition coefficient (Wildman–Crippen LogP) is 4.48. The molecule has 0 amide bonds. The van der Waals surface area contributed by atoms with Crippen LogP contribution in [0.25, 0.3) is 0 Å². The first-order valence-corrected chi connectivity index (χ1v) is 13.0. The van der Waals surface area contributed by atoms with Crippen LogP contribution in [0.1, 0.15) is 68.4 Å². The zero-order chi connectivity index (χ0) is 23.4. The van der Waals surface area contributed by atoms with Crippen molar-refractivity contribution in [2.75, 3.05) is 13.2 Å². The molecule has 3 rings (SSSR count). The Hall–Kier alpha value is -1.80. The van der Waals surface area contributed by atoms with E-state index < -0.39 is 26.6 Å². The number of nitrogens with one attached hydrogen (secondary N) is 1. The molecule has 0 unspecified atom stereocenters. The highest BCUT2D eigenvalue weighted by molar-refractivity contribution is 7.89. The van der Waals surface area contributed by atoms with Crippen LogP contribution in [0.5, 0.6) is 0 Å². The SMILES string of the molecule is CCC(CC)(NCCO)c1ccc(CN2[C@@H](C)CC[C@H](c3ccccc3)S2(=O)=O)c(F)c1. The molecule has 1 aliphatic rings. The molecule has 1 heterocycles. The molecule has 7 heteroatoms. The summed E-state index contributed by atoms with van der Waals surface area (Å²) in [6.07, 6.45) is 2.80. The lowest BCUT2D eigenvalue weighted by Crippen LogP contribution is -2.45. The second-order valence-electron chi connectivity index (χ2n) is 8.66. The Morgan fingerprint density at radius 1 is 1.12 bits per heavy atom. The van der Waals surface area contributed by atoms with Crippen molar-refractivity contribution in [3.8, 4) is 0 Å². The predicted molar refractivity (Wildman–Crippen MR) is 126 cm³/mol. The van der Waals surface area contributed by atoms with Crippen molar-refractivity contribution in [3.63, 3.8) is 0 Å². The summed E-state index contributed by atoms with van der Waals surface area (Å²) >= 11 is 0. The molecule has 0 radical (unpaired) electrons. The van der Waals surface area contributed by atoms with Gasteiger partial charge < -0.3 is 10.4 Å². The molecule has 176 valence electrons. The van der Waals surface area contributed by atoms with Gasteiger partial charge in [0.1, 0.15) is 11.1 Å². The third kappa shape index (κ3) is 4.91. The topological polar surface area (TPSA) is 69.6 Å². The monoisotopic (exact) mass is 462 g/mol. The Balaban J connectivity index is 1.89. The number of halogens is 1. The van der Waals surface area contributed by atoms with E-state index in [1.165, 1.54) is 10.4 Å². The minimum atomic E-state index is -3.61. The molecular weight excluding hydrogens is 427 g/mol. The smallest absolute Gasteiger partial charge is 0.221 e. The van der Waals surface area contributed by atoms with Crippen LogP contribution in [0.15, 0.2) is 48.5 Å². The van der Waals surface area contributed by atoms with E-state index in [1.54, 1.807) is 6.07 Å². The maximum atomic E-state index is 15.2. The van der Waals surface area contributed by atoms with Crippen LogP contribution in [-0.4, -0.2) is 37.0 Å². The number of rotatable bonds is 9. The van der Waals surface area contributed by atoms with Crippen LogP contribution in [0.2, 0.25) is 0 Å². The molecule has 0 aliphatic carbocycles. The molecule has 2 atom stereocenters. The highest BCUT2D eigenvalue weighted by Gasteiger charge is 2.40. The molecule has 0 saturated carbocycles. The second-order valence-corrected chi connectivity index (χ2v) is 10.7. The minimum Gasteiger partial charge on any atom is -0.395 e. The van der Waals surface area contributed by atoms with Crippen molar-refractivity contribution in [1.82, 2.24) is 9.62 Å². The van der Waals surface area contributed by atoms with E-state index >= 15 is 4.39 Å². The molecule has 1 aliphatic heterocycles. The molecule has 32 heavy (non-hydrogen) atoms. The second kappa shape index (κ2) is 10.4. The number of aliphatic hydroxyl groups is 1. The van der Waals surface area contributed by atoms with Gasteiger partial charge in [0.2, 0.25) is 10.0 Å². The molecule has 2 N–H and O–H groups in total. The van der Waals surface area contributed by atoms with Crippen LogP contribution in [-0.2, 0) is 22.1 Å². The van der Waals surface area contributed by atoms with E-state index in [0.29, 0.717) is 18.5 Å². The zero-order valence-electron chi connectivity index (χ0n) is 19.2.